The van der Waals surface area contributed by atoms with E-state index in [1.54, 1.807) is 31.2 Å². The monoisotopic (exact) mass is 333 g/mol. The van der Waals surface area contributed by atoms with E-state index in [0.29, 0.717) is 11.1 Å². The first kappa shape index (κ1) is 17.5. The summed E-state index contributed by atoms with van der Waals surface area (Å²) < 4.78 is 19.5. The average molecular weight is 333 g/mol. The van der Waals surface area contributed by atoms with Gasteiger partial charge >= 0.3 is 0 Å². The Hall–Kier alpha value is -1.85. The van der Waals surface area contributed by atoms with Gasteiger partial charge in [0.15, 0.2) is 0 Å². The van der Waals surface area contributed by atoms with Crippen molar-refractivity contribution in [3.63, 3.8) is 0 Å². The molecular weight excluding hydrogens is 313 g/mol. The fraction of sp³-hybridized carbons (Fsp3) is 0.278. The van der Waals surface area contributed by atoms with Crippen LogP contribution in [0.25, 0.3) is 0 Å². The van der Waals surface area contributed by atoms with Crippen LogP contribution in [0, 0.1) is 5.82 Å². The lowest BCUT2D eigenvalue weighted by atomic mass is 9.95. The first-order chi connectivity index (χ1) is 11.0. The van der Waals surface area contributed by atoms with Crippen molar-refractivity contribution in [3.05, 3.63) is 65.5 Å². The minimum Gasteiger partial charge on any atom is -0.372 e. The molecule has 1 N–H and O–H groups in total. The number of hydrogen-bond donors (Lipinski definition) is 1. The molecule has 0 radical (unpaired) electrons. The van der Waals surface area contributed by atoms with Gasteiger partial charge in [-0.05, 0) is 31.4 Å². The number of methoxy groups -OCH3 is 1. The number of benzene rings is 2. The molecule has 0 aliphatic heterocycles. The number of ether oxygens (including phenoxy) is 1. The van der Waals surface area contributed by atoms with Gasteiger partial charge in [-0.15, -0.1) is 11.8 Å². The molecule has 0 saturated carbocycles. The van der Waals surface area contributed by atoms with E-state index in [1.807, 2.05) is 24.5 Å². The maximum atomic E-state index is 14.0. The highest BCUT2D eigenvalue weighted by Gasteiger charge is 2.30. The summed E-state index contributed by atoms with van der Waals surface area (Å²) in [4.78, 5) is 13.3. The molecule has 2 aromatic rings. The highest BCUT2D eigenvalue weighted by molar-refractivity contribution is 7.98. The zero-order valence-electron chi connectivity index (χ0n) is 13.4. The number of nitrogens with one attached hydrogen (secondary N) is 1. The summed E-state index contributed by atoms with van der Waals surface area (Å²) in [6, 6.07) is 13.8. The van der Waals surface area contributed by atoms with Crippen LogP contribution >= 0.6 is 11.8 Å². The maximum Gasteiger partial charge on any atom is 0.252 e. The van der Waals surface area contributed by atoms with Crippen molar-refractivity contribution >= 4 is 17.7 Å². The Morgan fingerprint density at radius 1 is 1.22 bits per heavy atom. The van der Waals surface area contributed by atoms with Crippen LogP contribution < -0.4 is 5.32 Å². The third-order valence-corrected chi connectivity index (χ3v) is 4.63. The highest BCUT2D eigenvalue weighted by atomic mass is 32.2. The van der Waals surface area contributed by atoms with Gasteiger partial charge < -0.3 is 10.1 Å². The molecule has 23 heavy (non-hydrogen) atoms. The van der Waals surface area contributed by atoms with Crippen LogP contribution in [0.4, 0.5) is 4.39 Å². The van der Waals surface area contributed by atoms with Gasteiger partial charge in [0, 0.05) is 17.6 Å². The van der Waals surface area contributed by atoms with Crippen LogP contribution in [0.1, 0.15) is 22.8 Å². The third-order valence-electron chi connectivity index (χ3n) is 3.83. The summed E-state index contributed by atoms with van der Waals surface area (Å²) >= 11 is 1.51. The van der Waals surface area contributed by atoms with E-state index in [4.69, 9.17) is 4.74 Å². The number of amides is 1. The number of carbonyl (C=O) groups is 1. The number of thioether (sulfide) groups is 1. The average Bonchev–Trinajstić information content (AvgIpc) is 2.59. The molecule has 122 valence electrons. The molecular formula is C18H20FNO2S. The molecule has 0 bridgehead atoms. The number of halogens is 1. The zero-order valence-corrected chi connectivity index (χ0v) is 14.2. The van der Waals surface area contributed by atoms with Crippen LogP contribution in [0.3, 0.4) is 0 Å². The second-order valence-corrected chi connectivity index (χ2v) is 6.15. The first-order valence-corrected chi connectivity index (χ1v) is 8.45. The minimum atomic E-state index is -0.935. The molecule has 0 aliphatic rings. The quantitative estimate of drug-likeness (QED) is 0.816. The summed E-state index contributed by atoms with van der Waals surface area (Å²) in [6.07, 6.45) is 1.92. The zero-order chi connectivity index (χ0) is 16.9. The second-order valence-electron chi connectivity index (χ2n) is 5.30. The van der Waals surface area contributed by atoms with Crippen LogP contribution in [0.2, 0.25) is 0 Å². The third kappa shape index (κ3) is 3.92. The van der Waals surface area contributed by atoms with Crippen LogP contribution in [-0.2, 0) is 10.3 Å². The summed E-state index contributed by atoms with van der Waals surface area (Å²) in [5, 5.41) is 2.85. The van der Waals surface area contributed by atoms with Gasteiger partial charge in [0.2, 0.25) is 0 Å². The molecule has 2 aromatic carbocycles. The van der Waals surface area contributed by atoms with Gasteiger partial charge in [0.1, 0.15) is 11.4 Å². The van der Waals surface area contributed by atoms with E-state index >= 15 is 0 Å². The fourth-order valence-electron chi connectivity index (χ4n) is 2.34. The molecule has 1 amide bonds. The Balaban J connectivity index is 2.17. The normalized spacial score (nSPS) is 13.4. The van der Waals surface area contributed by atoms with Gasteiger partial charge in [0.05, 0.1) is 12.1 Å². The summed E-state index contributed by atoms with van der Waals surface area (Å²) in [6.45, 7) is 1.93. The van der Waals surface area contributed by atoms with Crippen molar-refractivity contribution in [3.8, 4) is 0 Å². The van der Waals surface area contributed by atoms with Crippen molar-refractivity contribution in [2.24, 2.45) is 0 Å². The van der Waals surface area contributed by atoms with Crippen molar-refractivity contribution in [1.82, 2.24) is 5.32 Å². The van der Waals surface area contributed by atoms with Gasteiger partial charge in [-0.25, -0.2) is 4.39 Å². The molecule has 0 saturated heterocycles. The van der Waals surface area contributed by atoms with Crippen molar-refractivity contribution < 1.29 is 13.9 Å². The molecule has 0 unspecified atom stereocenters. The van der Waals surface area contributed by atoms with E-state index in [-0.39, 0.29) is 18.3 Å². The van der Waals surface area contributed by atoms with E-state index < -0.39 is 5.60 Å². The number of hydrogen-bond acceptors (Lipinski definition) is 3. The summed E-state index contributed by atoms with van der Waals surface area (Å²) in [7, 11) is 1.51. The van der Waals surface area contributed by atoms with Crippen LogP contribution in [0.5, 0.6) is 0 Å². The van der Waals surface area contributed by atoms with Crippen LogP contribution in [-0.4, -0.2) is 25.8 Å². The smallest absolute Gasteiger partial charge is 0.252 e. The van der Waals surface area contributed by atoms with Crippen molar-refractivity contribution in [1.29, 1.82) is 0 Å². The van der Waals surface area contributed by atoms with Crippen molar-refractivity contribution in [2.75, 3.05) is 19.9 Å². The lowest BCUT2D eigenvalue weighted by Crippen LogP contribution is -2.40. The van der Waals surface area contributed by atoms with Crippen LogP contribution in [0.15, 0.2) is 53.4 Å². The van der Waals surface area contributed by atoms with Gasteiger partial charge in [0.25, 0.3) is 5.91 Å². The highest BCUT2D eigenvalue weighted by Crippen LogP contribution is 2.27. The van der Waals surface area contributed by atoms with E-state index in [1.165, 1.54) is 24.9 Å². The Labute approximate surface area is 140 Å². The minimum absolute atomic E-state index is 0.173. The Morgan fingerprint density at radius 2 is 1.87 bits per heavy atom. The lowest BCUT2D eigenvalue weighted by Gasteiger charge is -2.29. The predicted molar refractivity (Wildman–Crippen MR) is 91.3 cm³/mol. The van der Waals surface area contributed by atoms with Gasteiger partial charge in [-0.3, -0.25) is 4.79 Å². The molecule has 0 fully saturated rings. The predicted octanol–water partition coefficient (Wildman–Crippen LogP) is 3.84. The second kappa shape index (κ2) is 7.62. The Kier molecular flexibility index (Phi) is 5.80. The van der Waals surface area contributed by atoms with E-state index in [2.05, 4.69) is 5.32 Å². The fourth-order valence-corrected chi connectivity index (χ4v) is 2.94. The Bertz CT molecular complexity index is 692. The summed E-state index contributed by atoms with van der Waals surface area (Å²) in [5.74, 6) is -0.551. The number of rotatable bonds is 6. The molecule has 0 aromatic heterocycles. The van der Waals surface area contributed by atoms with E-state index in [0.717, 1.165) is 4.90 Å². The Morgan fingerprint density at radius 3 is 2.52 bits per heavy atom. The molecule has 0 aliphatic carbocycles. The van der Waals surface area contributed by atoms with E-state index in [9.17, 15) is 9.18 Å². The van der Waals surface area contributed by atoms with Gasteiger partial charge in [-0.2, -0.15) is 0 Å². The largest absolute Gasteiger partial charge is 0.372 e. The molecule has 2 rings (SSSR count). The SMILES string of the molecule is CO[C@](C)(CNC(=O)c1ccccc1SC)c1ccccc1F. The molecule has 5 heteroatoms. The first-order valence-electron chi connectivity index (χ1n) is 7.23. The van der Waals surface area contributed by atoms with Gasteiger partial charge in [-0.1, -0.05) is 30.3 Å². The lowest BCUT2D eigenvalue weighted by molar-refractivity contribution is 0.000365. The van der Waals surface area contributed by atoms with Crippen molar-refractivity contribution in [2.45, 2.75) is 17.4 Å². The molecule has 0 heterocycles. The summed E-state index contributed by atoms with van der Waals surface area (Å²) in [5.41, 5.74) is 0.0860. The standard InChI is InChI=1S/C18H20FNO2S/c1-18(22-2,14-9-5-6-10-15(14)19)12-20-17(21)13-8-4-7-11-16(13)23-3/h4-11H,12H2,1-3H3,(H,20,21)/t18-/m1/s1. The molecule has 3 nitrogen and oxygen atoms in total. The number of carbonyl (C=O) groups excluding carboxylic acids is 1. The molecule has 1 atom stereocenters. The maximum absolute atomic E-state index is 14.0. The molecule has 0 spiro atoms. The topological polar surface area (TPSA) is 38.3 Å².